The van der Waals surface area contributed by atoms with Crippen molar-refractivity contribution in [3.8, 4) is 0 Å². The number of hydrogen-bond acceptors (Lipinski definition) is 3. The fourth-order valence-electron chi connectivity index (χ4n) is 3.35. The lowest BCUT2D eigenvalue weighted by atomic mass is 10.0. The Kier molecular flexibility index (Phi) is 5.22. The van der Waals surface area contributed by atoms with Crippen LogP contribution in [0.15, 0.2) is 0 Å². The third kappa shape index (κ3) is 3.93. The summed E-state index contributed by atoms with van der Waals surface area (Å²) in [6, 6.07) is 1.05. The van der Waals surface area contributed by atoms with Gasteiger partial charge in [0.15, 0.2) is 0 Å². The van der Waals surface area contributed by atoms with Gasteiger partial charge >= 0.3 is 0 Å². The highest BCUT2D eigenvalue weighted by Crippen LogP contribution is 2.18. The van der Waals surface area contributed by atoms with Crippen molar-refractivity contribution in [3.05, 3.63) is 0 Å². The molecule has 19 heavy (non-hydrogen) atoms. The number of hydrogen-bond donors (Lipinski definition) is 0. The first kappa shape index (κ1) is 14.8. The molecule has 2 heterocycles. The minimum absolute atomic E-state index is 0.339. The van der Waals surface area contributed by atoms with Gasteiger partial charge in [-0.15, -0.1) is 0 Å². The molecule has 0 N–H and O–H groups in total. The fourth-order valence-corrected chi connectivity index (χ4v) is 3.35. The molecule has 1 amide bonds. The van der Waals surface area contributed by atoms with Crippen LogP contribution in [-0.2, 0) is 4.79 Å². The Bertz CT molecular complexity index is 306. The molecule has 2 rings (SSSR count). The SMILES string of the molecule is CC1CCCCN1C(=O)CN1CCCC(N(C)C)C1. The molecule has 2 atom stereocenters. The zero-order valence-electron chi connectivity index (χ0n) is 12.8. The molecule has 0 aliphatic carbocycles. The Morgan fingerprint density at radius 2 is 1.95 bits per heavy atom. The normalized spacial score (nSPS) is 29.8. The van der Waals surface area contributed by atoms with E-state index in [0.29, 0.717) is 24.5 Å². The van der Waals surface area contributed by atoms with Crippen molar-refractivity contribution < 1.29 is 4.79 Å². The summed E-state index contributed by atoms with van der Waals surface area (Å²) in [4.78, 5) is 19.2. The third-order valence-electron chi connectivity index (χ3n) is 4.69. The molecule has 110 valence electrons. The lowest BCUT2D eigenvalue weighted by Crippen LogP contribution is -2.51. The van der Waals surface area contributed by atoms with Crippen LogP contribution in [0.25, 0.3) is 0 Å². The van der Waals surface area contributed by atoms with Gasteiger partial charge in [-0.25, -0.2) is 0 Å². The average Bonchev–Trinajstić information content (AvgIpc) is 2.39. The molecule has 0 bridgehead atoms. The second kappa shape index (κ2) is 6.71. The molecule has 2 aliphatic heterocycles. The standard InChI is InChI=1S/C15H29N3O/c1-13-7-4-5-10-18(13)15(19)12-17-9-6-8-14(11-17)16(2)3/h13-14H,4-12H2,1-3H3. The van der Waals surface area contributed by atoms with Gasteiger partial charge in [0.2, 0.25) is 5.91 Å². The number of piperidine rings is 2. The van der Waals surface area contributed by atoms with Crippen molar-refractivity contribution in [1.82, 2.24) is 14.7 Å². The number of likely N-dealkylation sites (N-methyl/N-ethyl adjacent to an activating group) is 1. The second-order valence-electron chi connectivity index (χ2n) is 6.43. The summed E-state index contributed by atoms with van der Waals surface area (Å²) < 4.78 is 0. The Balaban J connectivity index is 1.84. The predicted octanol–water partition coefficient (Wildman–Crippen LogP) is 1.41. The van der Waals surface area contributed by atoms with E-state index in [1.54, 1.807) is 0 Å². The van der Waals surface area contributed by atoms with Gasteiger partial charge in [-0.1, -0.05) is 0 Å². The van der Waals surface area contributed by atoms with Gasteiger partial charge in [-0.3, -0.25) is 9.69 Å². The maximum absolute atomic E-state index is 12.4. The van der Waals surface area contributed by atoms with E-state index in [0.717, 1.165) is 19.6 Å². The summed E-state index contributed by atoms with van der Waals surface area (Å²) in [7, 11) is 4.28. The Hall–Kier alpha value is -0.610. The molecule has 2 unspecified atom stereocenters. The van der Waals surface area contributed by atoms with E-state index in [-0.39, 0.29) is 0 Å². The van der Waals surface area contributed by atoms with E-state index >= 15 is 0 Å². The van der Waals surface area contributed by atoms with Crippen LogP contribution in [0.1, 0.15) is 39.0 Å². The number of likely N-dealkylation sites (tertiary alicyclic amines) is 2. The molecule has 2 fully saturated rings. The maximum atomic E-state index is 12.4. The van der Waals surface area contributed by atoms with E-state index in [9.17, 15) is 4.79 Å². The van der Waals surface area contributed by atoms with Gasteiger partial charge < -0.3 is 9.80 Å². The molecule has 0 aromatic carbocycles. The molecular formula is C15H29N3O. The topological polar surface area (TPSA) is 26.8 Å². The smallest absolute Gasteiger partial charge is 0.236 e. The summed E-state index contributed by atoms with van der Waals surface area (Å²) in [5.74, 6) is 0.339. The first-order valence-corrected chi connectivity index (χ1v) is 7.76. The molecule has 2 saturated heterocycles. The lowest BCUT2D eigenvalue weighted by molar-refractivity contribution is -0.136. The summed E-state index contributed by atoms with van der Waals surface area (Å²) in [6.07, 6.45) is 6.10. The summed E-state index contributed by atoms with van der Waals surface area (Å²) in [5.41, 5.74) is 0. The monoisotopic (exact) mass is 267 g/mol. The highest BCUT2D eigenvalue weighted by Gasteiger charge is 2.27. The van der Waals surface area contributed by atoms with Gasteiger partial charge in [0.05, 0.1) is 6.54 Å². The minimum Gasteiger partial charge on any atom is -0.339 e. The van der Waals surface area contributed by atoms with Crippen molar-refractivity contribution in [2.24, 2.45) is 0 Å². The van der Waals surface area contributed by atoms with Crippen molar-refractivity contribution in [3.63, 3.8) is 0 Å². The van der Waals surface area contributed by atoms with Gasteiger partial charge in [0.1, 0.15) is 0 Å². The van der Waals surface area contributed by atoms with Crippen LogP contribution in [0.5, 0.6) is 0 Å². The molecule has 4 nitrogen and oxygen atoms in total. The van der Waals surface area contributed by atoms with Crippen molar-refractivity contribution in [1.29, 1.82) is 0 Å². The number of carbonyl (C=O) groups excluding carboxylic acids is 1. The first-order chi connectivity index (χ1) is 9.08. The van der Waals surface area contributed by atoms with Gasteiger partial charge in [-0.2, -0.15) is 0 Å². The van der Waals surface area contributed by atoms with Crippen LogP contribution in [0.4, 0.5) is 0 Å². The molecule has 0 radical (unpaired) electrons. The van der Waals surface area contributed by atoms with E-state index in [4.69, 9.17) is 0 Å². The van der Waals surface area contributed by atoms with Gasteiger partial charge in [-0.05, 0) is 59.7 Å². The number of carbonyl (C=O) groups is 1. The van der Waals surface area contributed by atoms with Crippen LogP contribution in [-0.4, -0.2) is 73.0 Å². The summed E-state index contributed by atoms with van der Waals surface area (Å²) >= 11 is 0. The molecule has 2 aliphatic rings. The fraction of sp³-hybridized carbons (Fsp3) is 0.933. The summed E-state index contributed by atoms with van der Waals surface area (Å²) in [6.45, 7) is 5.90. The van der Waals surface area contributed by atoms with Crippen LogP contribution in [0, 0.1) is 0 Å². The predicted molar refractivity (Wildman–Crippen MR) is 78.2 cm³/mol. The van der Waals surface area contributed by atoms with E-state index in [1.165, 1.54) is 32.1 Å². The highest BCUT2D eigenvalue weighted by atomic mass is 16.2. The largest absolute Gasteiger partial charge is 0.339 e. The van der Waals surface area contributed by atoms with Gasteiger partial charge in [0, 0.05) is 25.2 Å². The molecule has 0 spiro atoms. The van der Waals surface area contributed by atoms with E-state index in [2.05, 4.69) is 35.7 Å². The summed E-state index contributed by atoms with van der Waals surface area (Å²) in [5, 5.41) is 0. The Morgan fingerprint density at radius 1 is 1.16 bits per heavy atom. The van der Waals surface area contributed by atoms with Crippen molar-refractivity contribution in [2.75, 3.05) is 40.3 Å². The van der Waals surface area contributed by atoms with Crippen LogP contribution < -0.4 is 0 Å². The number of rotatable bonds is 3. The second-order valence-corrected chi connectivity index (χ2v) is 6.43. The number of amides is 1. The van der Waals surface area contributed by atoms with E-state index < -0.39 is 0 Å². The Labute approximate surface area is 117 Å². The zero-order chi connectivity index (χ0) is 13.8. The minimum atomic E-state index is 0.339. The Morgan fingerprint density at radius 3 is 2.63 bits per heavy atom. The first-order valence-electron chi connectivity index (χ1n) is 7.76. The third-order valence-corrected chi connectivity index (χ3v) is 4.69. The average molecular weight is 267 g/mol. The van der Waals surface area contributed by atoms with Crippen LogP contribution in [0.2, 0.25) is 0 Å². The van der Waals surface area contributed by atoms with Gasteiger partial charge in [0.25, 0.3) is 0 Å². The van der Waals surface area contributed by atoms with Crippen molar-refractivity contribution >= 4 is 5.91 Å². The van der Waals surface area contributed by atoms with E-state index in [1.807, 2.05) is 0 Å². The van der Waals surface area contributed by atoms with Crippen LogP contribution in [0.3, 0.4) is 0 Å². The zero-order valence-corrected chi connectivity index (χ0v) is 12.8. The molecular weight excluding hydrogens is 238 g/mol. The quantitative estimate of drug-likeness (QED) is 0.773. The molecule has 4 heteroatoms. The molecule has 0 aromatic heterocycles. The van der Waals surface area contributed by atoms with Crippen LogP contribution >= 0.6 is 0 Å². The highest BCUT2D eigenvalue weighted by molar-refractivity contribution is 5.78. The maximum Gasteiger partial charge on any atom is 0.236 e. The van der Waals surface area contributed by atoms with Crippen molar-refractivity contribution in [2.45, 2.75) is 51.1 Å². The molecule has 0 aromatic rings. The number of nitrogens with zero attached hydrogens (tertiary/aromatic N) is 3. The molecule has 0 saturated carbocycles. The lowest BCUT2D eigenvalue weighted by Gasteiger charge is -2.38.